The molecule has 0 radical (unpaired) electrons. The Hall–Kier alpha value is -2.26. The van der Waals surface area contributed by atoms with Gasteiger partial charge in [-0.3, -0.25) is 14.4 Å². The first-order valence-electron chi connectivity index (χ1n) is 11.9. The number of amides is 2. The van der Waals surface area contributed by atoms with Crippen LogP contribution in [0, 0.1) is 11.8 Å². The molecule has 3 rings (SSSR count). The van der Waals surface area contributed by atoms with E-state index in [0.717, 1.165) is 0 Å². The van der Waals surface area contributed by atoms with E-state index >= 15 is 0 Å². The van der Waals surface area contributed by atoms with Crippen LogP contribution in [0.4, 0.5) is 0 Å². The van der Waals surface area contributed by atoms with E-state index in [1.54, 1.807) is 0 Å². The lowest BCUT2D eigenvalue weighted by atomic mass is 9.92. The minimum absolute atomic E-state index is 0.0182. The summed E-state index contributed by atoms with van der Waals surface area (Å²) in [6.45, 7) is 8.56. The molecule has 2 heterocycles. The monoisotopic (exact) mass is 477 g/mol. The Morgan fingerprint density at radius 2 is 1.39 bits per heavy atom. The lowest BCUT2D eigenvalue weighted by Gasteiger charge is -2.37. The molecule has 0 bridgehead atoms. The minimum Gasteiger partial charge on any atom is -0.343 e. The first-order valence-corrected chi connectivity index (χ1v) is 13.3. The van der Waals surface area contributed by atoms with E-state index in [2.05, 4.69) is 0 Å². The lowest BCUT2D eigenvalue weighted by molar-refractivity contribution is -0.143. The van der Waals surface area contributed by atoms with Crippen LogP contribution >= 0.6 is 0 Å². The van der Waals surface area contributed by atoms with Crippen LogP contribution in [0.2, 0.25) is 0 Å². The number of hydrogen-bond donors (Lipinski definition) is 0. The summed E-state index contributed by atoms with van der Waals surface area (Å²) >= 11 is 0. The highest BCUT2D eigenvalue weighted by Gasteiger charge is 2.36. The molecular weight excluding hydrogens is 442 g/mol. The number of carbonyl (C=O) groups excluding carboxylic acids is 3. The summed E-state index contributed by atoms with van der Waals surface area (Å²) in [4.78, 5) is 40.9. The van der Waals surface area contributed by atoms with Crippen LogP contribution in [0.1, 0.15) is 56.8 Å². The fraction of sp³-hybridized carbons (Fsp3) is 0.625. The van der Waals surface area contributed by atoms with Gasteiger partial charge in [0.2, 0.25) is 21.8 Å². The molecule has 2 aliphatic rings. The molecular formula is C24H35N3O5S. The second kappa shape index (κ2) is 10.8. The quantitative estimate of drug-likeness (QED) is 0.562. The smallest absolute Gasteiger partial charge is 0.243 e. The standard InChI is InChI=1S/C24H35N3O5S/c1-4-25(5-2)23(29)20-10-14-26(15-11-20)24(30)21-12-16-27(17-13-21)33(31,32)22-8-6-19(7-9-22)18(3)28/h6-9,20-21H,4-5,10-17H2,1-3H3. The molecule has 0 spiro atoms. The van der Waals surface area contributed by atoms with Gasteiger partial charge in [0.05, 0.1) is 4.90 Å². The van der Waals surface area contributed by atoms with E-state index < -0.39 is 10.0 Å². The van der Waals surface area contributed by atoms with E-state index in [4.69, 9.17) is 0 Å². The molecule has 0 atom stereocenters. The van der Waals surface area contributed by atoms with Crippen LogP contribution < -0.4 is 0 Å². The van der Waals surface area contributed by atoms with Crippen LogP contribution in [0.15, 0.2) is 29.2 Å². The predicted molar refractivity (Wildman–Crippen MR) is 125 cm³/mol. The van der Waals surface area contributed by atoms with Gasteiger partial charge in [0, 0.05) is 56.7 Å². The molecule has 2 amide bonds. The van der Waals surface area contributed by atoms with Crippen molar-refractivity contribution in [3.63, 3.8) is 0 Å². The largest absolute Gasteiger partial charge is 0.343 e. The molecule has 0 aromatic heterocycles. The molecule has 2 fully saturated rings. The topological polar surface area (TPSA) is 95.1 Å². The maximum atomic E-state index is 13.0. The van der Waals surface area contributed by atoms with Gasteiger partial charge in [0.25, 0.3) is 0 Å². The summed E-state index contributed by atoms with van der Waals surface area (Å²) < 4.78 is 27.3. The number of piperidine rings is 2. The number of ketones is 1. The fourth-order valence-corrected chi connectivity index (χ4v) is 6.22. The third kappa shape index (κ3) is 5.63. The van der Waals surface area contributed by atoms with Crippen molar-refractivity contribution in [2.75, 3.05) is 39.3 Å². The molecule has 2 saturated heterocycles. The summed E-state index contributed by atoms with van der Waals surface area (Å²) in [5.41, 5.74) is 0.473. The van der Waals surface area contributed by atoms with Crippen LogP contribution in [-0.4, -0.2) is 79.4 Å². The van der Waals surface area contributed by atoms with Crippen LogP contribution in [-0.2, 0) is 19.6 Å². The number of rotatable bonds is 7. The summed E-state index contributed by atoms with van der Waals surface area (Å²) in [5, 5.41) is 0. The second-order valence-electron chi connectivity index (χ2n) is 8.87. The van der Waals surface area contributed by atoms with Crippen LogP contribution in [0.3, 0.4) is 0 Å². The van der Waals surface area contributed by atoms with Gasteiger partial charge in [-0.1, -0.05) is 12.1 Å². The maximum Gasteiger partial charge on any atom is 0.243 e. The van der Waals surface area contributed by atoms with Crippen LogP contribution in [0.5, 0.6) is 0 Å². The molecule has 0 saturated carbocycles. The average molecular weight is 478 g/mol. The zero-order chi connectivity index (χ0) is 24.2. The molecule has 33 heavy (non-hydrogen) atoms. The maximum absolute atomic E-state index is 13.0. The average Bonchev–Trinajstić information content (AvgIpc) is 2.84. The van der Waals surface area contributed by atoms with Crippen molar-refractivity contribution < 1.29 is 22.8 Å². The number of carbonyl (C=O) groups is 3. The SMILES string of the molecule is CCN(CC)C(=O)C1CCN(C(=O)C2CCN(S(=O)(=O)c3ccc(C(C)=O)cc3)CC2)CC1. The van der Waals surface area contributed by atoms with Gasteiger partial charge in [0.1, 0.15) is 0 Å². The van der Waals surface area contributed by atoms with Crippen molar-refractivity contribution in [2.45, 2.75) is 51.3 Å². The normalized spacial score (nSPS) is 18.8. The molecule has 0 aliphatic carbocycles. The van der Waals surface area contributed by atoms with Crippen molar-refractivity contribution in [3.05, 3.63) is 29.8 Å². The van der Waals surface area contributed by atoms with Crippen molar-refractivity contribution in [3.8, 4) is 0 Å². The molecule has 182 valence electrons. The zero-order valence-corrected chi connectivity index (χ0v) is 20.6. The molecule has 1 aromatic rings. The number of benzene rings is 1. The van der Waals surface area contributed by atoms with Gasteiger partial charge in [-0.2, -0.15) is 4.31 Å². The van der Waals surface area contributed by atoms with E-state index in [1.807, 2.05) is 23.6 Å². The highest BCUT2D eigenvalue weighted by Crippen LogP contribution is 2.27. The van der Waals surface area contributed by atoms with Gasteiger partial charge in [-0.15, -0.1) is 0 Å². The number of nitrogens with zero attached hydrogens (tertiary/aromatic N) is 3. The molecule has 9 heteroatoms. The Balaban J connectivity index is 1.53. The summed E-state index contributed by atoms with van der Waals surface area (Å²) in [7, 11) is -3.65. The van der Waals surface area contributed by atoms with E-state index in [-0.39, 0.29) is 34.3 Å². The molecule has 0 unspecified atom stereocenters. The third-order valence-corrected chi connectivity index (χ3v) is 8.85. The summed E-state index contributed by atoms with van der Waals surface area (Å²) in [5.74, 6) is -0.0600. The lowest BCUT2D eigenvalue weighted by Crippen LogP contribution is -2.48. The van der Waals surface area contributed by atoms with Crippen molar-refractivity contribution >= 4 is 27.6 Å². The Morgan fingerprint density at radius 1 is 0.879 bits per heavy atom. The molecule has 1 aromatic carbocycles. The van der Waals surface area contributed by atoms with Gasteiger partial charge in [-0.25, -0.2) is 8.42 Å². The molecule has 8 nitrogen and oxygen atoms in total. The van der Waals surface area contributed by atoms with Gasteiger partial charge in [0.15, 0.2) is 5.78 Å². The van der Waals surface area contributed by atoms with E-state index in [9.17, 15) is 22.8 Å². The number of hydrogen-bond acceptors (Lipinski definition) is 5. The highest BCUT2D eigenvalue weighted by atomic mass is 32.2. The van der Waals surface area contributed by atoms with E-state index in [0.29, 0.717) is 70.5 Å². The number of sulfonamides is 1. The number of likely N-dealkylation sites (tertiary alicyclic amines) is 1. The number of Topliss-reactive ketones (excluding diaryl/α,β-unsaturated/α-hetero) is 1. The van der Waals surface area contributed by atoms with Crippen LogP contribution in [0.25, 0.3) is 0 Å². The van der Waals surface area contributed by atoms with Gasteiger partial charge >= 0.3 is 0 Å². The summed E-state index contributed by atoms with van der Waals surface area (Å²) in [6, 6.07) is 5.99. The van der Waals surface area contributed by atoms with Gasteiger partial charge < -0.3 is 9.80 Å². The van der Waals surface area contributed by atoms with Crippen molar-refractivity contribution in [1.82, 2.24) is 14.1 Å². The first-order chi connectivity index (χ1) is 15.7. The Morgan fingerprint density at radius 3 is 1.88 bits per heavy atom. The second-order valence-corrected chi connectivity index (χ2v) is 10.8. The minimum atomic E-state index is -3.65. The Labute approximate surface area is 197 Å². The first kappa shape index (κ1) is 25.4. The third-order valence-electron chi connectivity index (χ3n) is 6.93. The predicted octanol–water partition coefficient (Wildman–Crippen LogP) is 2.40. The highest BCUT2D eigenvalue weighted by molar-refractivity contribution is 7.89. The fourth-order valence-electron chi connectivity index (χ4n) is 4.75. The Bertz CT molecular complexity index is 956. The molecule has 2 aliphatic heterocycles. The zero-order valence-electron chi connectivity index (χ0n) is 19.8. The molecule has 0 N–H and O–H groups in total. The van der Waals surface area contributed by atoms with Crippen molar-refractivity contribution in [1.29, 1.82) is 0 Å². The van der Waals surface area contributed by atoms with E-state index in [1.165, 1.54) is 35.5 Å². The summed E-state index contributed by atoms with van der Waals surface area (Å²) in [6.07, 6.45) is 2.35. The van der Waals surface area contributed by atoms with Crippen molar-refractivity contribution in [2.24, 2.45) is 11.8 Å². The van der Waals surface area contributed by atoms with Gasteiger partial charge in [-0.05, 0) is 58.6 Å². The Kier molecular flexibility index (Phi) is 8.28.